The lowest BCUT2D eigenvalue weighted by molar-refractivity contribution is 0.243. The van der Waals surface area contributed by atoms with Crippen LogP contribution in [0, 0.1) is 12.3 Å². The highest BCUT2D eigenvalue weighted by Gasteiger charge is 2.32. The Hall–Kier alpha value is -1.02. The SMILES string of the molecule is CCN(CC1(CNC)CCCCCC1)c1ccc(C)cc1. The zero-order valence-corrected chi connectivity index (χ0v) is 14.1. The van der Waals surface area contributed by atoms with E-state index in [1.54, 1.807) is 0 Å². The van der Waals surface area contributed by atoms with E-state index in [2.05, 4.69) is 55.4 Å². The van der Waals surface area contributed by atoms with Gasteiger partial charge in [-0.3, -0.25) is 0 Å². The van der Waals surface area contributed by atoms with Crippen LogP contribution in [0.15, 0.2) is 24.3 Å². The van der Waals surface area contributed by atoms with Crippen molar-refractivity contribution in [2.75, 3.05) is 31.6 Å². The molecule has 0 unspecified atom stereocenters. The Morgan fingerprint density at radius 3 is 2.19 bits per heavy atom. The second-order valence-corrected chi connectivity index (χ2v) is 6.79. The molecule has 0 atom stereocenters. The summed E-state index contributed by atoms with van der Waals surface area (Å²) in [6.45, 7) is 7.87. The van der Waals surface area contributed by atoms with Gasteiger partial charge >= 0.3 is 0 Å². The molecule has 1 saturated carbocycles. The third kappa shape index (κ3) is 4.47. The Kier molecular flexibility index (Phi) is 6.10. The first kappa shape index (κ1) is 16.4. The van der Waals surface area contributed by atoms with Crippen LogP contribution < -0.4 is 10.2 Å². The summed E-state index contributed by atoms with van der Waals surface area (Å²) in [5, 5.41) is 3.47. The maximum absolute atomic E-state index is 3.47. The van der Waals surface area contributed by atoms with Crippen LogP contribution in [0.3, 0.4) is 0 Å². The van der Waals surface area contributed by atoms with Crippen LogP contribution in [0.2, 0.25) is 0 Å². The molecular weight excluding hydrogens is 256 g/mol. The first-order valence-electron chi connectivity index (χ1n) is 8.65. The van der Waals surface area contributed by atoms with Gasteiger partial charge in [-0.1, -0.05) is 43.4 Å². The van der Waals surface area contributed by atoms with Crippen molar-refractivity contribution in [3.8, 4) is 0 Å². The van der Waals surface area contributed by atoms with E-state index in [-0.39, 0.29) is 0 Å². The van der Waals surface area contributed by atoms with E-state index in [9.17, 15) is 0 Å². The van der Waals surface area contributed by atoms with E-state index in [1.165, 1.54) is 56.3 Å². The Bertz CT molecular complexity index is 402. The first-order chi connectivity index (χ1) is 10.2. The molecule has 118 valence electrons. The highest BCUT2D eigenvalue weighted by molar-refractivity contribution is 5.47. The van der Waals surface area contributed by atoms with Crippen molar-refractivity contribution >= 4 is 5.69 Å². The highest BCUT2D eigenvalue weighted by Crippen LogP contribution is 2.36. The second-order valence-electron chi connectivity index (χ2n) is 6.79. The summed E-state index contributed by atoms with van der Waals surface area (Å²) in [4.78, 5) is 2.57. The summed E-state index contributed by atoms with van der Waals surface area (Å²) in [5.74, 6) is 0. The Morgan fingerprint density at radius 1 is 1.05 bits per heavy atom. The van der Waals surface area contributed by atoms with E-state index in [0.29, 0.717) is 5.41 Å². The van der Waals surface area contributed by atoms with Gasteiger partial charge in [-0.05, 0) is 45.9 Å². The fraction of sp³-hybridized carbons (Fsp3) is 0.684. The van der Waals surface area contributed by atoms with Crippen LogP contribution in [0.5, 0.6) is 0 Å². The number of benzene rings is 1. The van der Waals surface area contributed by atoms with Crippen LogP contribution in [0.1, 0.15) is 51.0 Å². The van der Waals surface area contributed by atoms with Gasteiger partial charge in [0, 0.05) is 30.7 Å². The van der Waals surface area contributed by atoms with Crippen LogP contribution >= 0.6 is 0 Å². The minimum atomic E-state index is 0.451. The van der Waals surface area contributed by atoms with Crippen molar-refractivity contribution in [3.63, 3.8) is 0 Å². The molecule has 0 aliphatic heterocycles. The molecule has 21 heavy (non-hydrogen) atoms. The highest BCUT2D eigenvalue weighted by atomic mass is 15.1. The van der Waals surface area contributed by atoms with Crippen molar-refractivity contribution in [3.05, 3.63) is 29.8 Å². The van der Waals surface area contributed by atoms with Gasteiger partial charge in [0.1, 0.15) is 0 Å². The molecule has 0 heterocycles. The summed E-state index contributed by atoms with van der Waals surface area (Å²) in [5.41, 5.74) is 3.17. The number of hydrogen-bond donors (Lipinski definition) is 1. The molecule has 2 rings (SSSR count). The Morgan fingerprint density at radius 2 is 1.67 bits per heavy atom. The molecule has 0 spiro atoms. The van der Waals surface area contributed by atoms with Crippen LogP contribution in [-0.2, 0) is 0 Å². The number of nitrogens with zero attached hydrogens (tertiary/aromatic N) is 1. The number of hydrogen-bond acceptors (Lipinski definition) is 2. The summed E-state index contributed by atoms with van der Waals surface area (Å²) in [6, 6.07) is 9.02. The van der Waals surface area contributed by atoms with Gasteiger partial charge in [-0.25, -0.2) is 0 Å². The average molecular weight is 288 g/mol. The third-order valence-corrected chi connectivity index (χ3v) is 5.02. The van der Waals surface area contributed by atoms with Crippen molar-refractivity contribution in [1.29, 1.82) is 0 Å². The lowest BCUT2D eigenvalue weighted by Crippen LogP contribution is -2.43. The molecule has 1 N–H and O–H groups in total. The maximum atomic E-state index is 3.47. The average Bonchev–Trinajstić information content (AvgIpc) is 2.72. The van der Waals surface area contributed by atoms with Gasteiger partial charge in [0.2, 0.25) is 0 Å². The molecule has 2 nitrogen and oxygen atoms in total. The van der Waals surface area contributed by atoms with E-state index >= 15 is 0 Å². The molecule has 0 bridgehead atoms. The Labute approximate surface area is 130 Å². The Balaban J connectivity index is 2.14. The lowest BCUT2D eigenvalue weighted by Gasteiger charge is -2.39. The monoisotopic (exact) mass is 288 g/mol. The van der Waals surface area contributed by atoms with E-state index in [0.717, 1.165) is 13.1 Å². The number of rotatable bonds is 6. The predicted molar refractivity (Wildman–Crippen MR) is 93.1 cm³/mol. The minimum absolute atomic E-state index is 0.451. The van der Waals surface area contributed by atoms with E-state index in [1.807, 2.05) is 0 Å². The molecule has 0 amide bonds. The quantitative estimate of drug-likeness (QED) is 0.781. The van der Waals surface area contributed by atoms with Crippen molar-refractivity contribution < 1.29 is 0 Å². The molecule has 2 heteroatoms. The summed E-state index contributed by atoms with van der Waals surface area (Å²) in [6.07, 6.45) is 8.37. The number of anilines is 1. The van der Waals surface area contributed by atoms with Crippen LogP contribution in [0.25, 0.3) is 0 Å². The number of aryl methyl sites for hydroxylation is 1. The van der Waals surface area contributed by atoms with Crippen LogP contribution in [0.4, 0.5) is 5.69 Å². The van der Waals surface area contributed by atoms with Gasteiger partial charge in [0.15, 0.2) is 0 Å². The summed E-state index contributed by atoms with van der Waals surface area (Å²) in [7, 11) is 2.11. The van der Waals surface area contributed by atoms with Gasteiger partial charge in [-0.2, -0.15) is 0 Å². The predicted octanol–water partition coefficient (Wildman–Crippen LogP) is 4.38. The molecule has 0 aromatic heterocycles. The molecule has 1 aliphatic rings. The molecule has 1 aliphatic carbocycles. The molecule has 0 saturated heterocycles. The minimum Gasteiger partial charge on any atom is -0.371 e. The summed E-state index contributed by atoms with van der Waals surface area (Å²) < 4.78 is 0. The van der Waals surface area contributed by atoms with Crippen molar-refractivity contribution in [2.24, 2.45) is 5.41 Å². The fourth-order valence-electron chi connectivity index (χ4n) is 3.79. The topological polar surface area (TPSA) is 15.3 Å². The fourth-order valence-corrected chi connectivity index (χ4v) is 3.79. The summed E-state index contributed by atoms with van der Waals surface area (Å²) >= 11 is 0. The largest absolute Gasteiger partial charge is 0.371 e. The van der Waals surface area contributed by atoms with Crippen molar-refractivity contribution in [2.45, 2.75) is 52.4 Å². The molecule has 1 fully saturated rings. The zero-order valence-electron chi connectivity index (χ0n) is 14.1. The van der Waals surface area contributed by atoms with Crippen molar-refractivity contribution in [1.82, 2.24) is 5.32 Å². The molecular formula is C19H32N2. The van der Waals surface area contributed by atoms with E-state index in [4.69, 9.17) is 0 Å². The maximum Gasteiger partial charge on any atom is 0.0366 e. The standard InChI is InChI=1S/C19H32N2/c1-4-21(18-11-9-17(2)10-12-18)16-19(15-20-3)13-7-5-6-8-14-19/h9-12,20H,4-8,13-16H2,1-3H3. The first-order valence-corrected chi connectivity index (χ1v) is 8.65. The molecule has 0 radical (unpaired) electrons. The van der Waals surface area contributed by atoms with Gasteiger partial charge in [0.25, 0.3) is 0 Å². The lowest BCUT2D eigenvalue weighted by atomic mass is 9.79. The molecule has 1 aromatic carbocycles. The third-order valence-electron chi connectivity index (χ3n) is 5.02. The van der Waals surface area contributed by atoms with E-state index < -0.39 is 0 Å². The number of nitrogens with one attached hydrogen (secondary N) is 1. The zero-order chi connectivity index (χ0) is 15.1. The smallest absolute Gasteiger partial charge is 0.0366 e. The van der Waals surface area contributed by atoms with Crippen LogP contribution in [-0.4, -0.2) is 26.7 Å². The molecule has 1 aromatic rings. The van der Waals surface area contributed by atoms with Gasteiger partial charge in [0.05, 0.1) is 0 Å². The normalized spacial score (nSPS) is 18.2. The van der Waals surface area contributed by atoms with Gasteiger partial charge < -0.3 is 10.2 Å². The van der Waals surface area contributed by atoms with Gasteiger partial charge in [-0.15, -0.1) is 0 Å². The second kappa shape index (κ2) is 7.84.